The van der Waals surface area contributed by atoms with Crippen LogP contribution in [0, 0.1) is 0 Å². The molecule has 2 rings (SSSR count). The van der Waals surface area contributed by atoms with Crippen LogP contribution in [0.4, 0.5) is 5.82 Å². The van der Waals surface area contributed by atoms with E-state index in [0.717, 1.165) is 16.6 Å². The van der Waals surface area contributed by atoms with Crippen molar-refractivity contribution in [2.45, 2.75) is 12.8 Å². The van der Waals surface area contributed by atoms with Gasteiger partial charge in [-0.2, -0.15) is 0 Å². The van der Waals surface area contributed by atoms with E-state index in [9.17, 15) is 4.79 Å². The normalized spacial score (nSPS) is 10.4. The summed E-state index contributed by atoms with van der Waals surface area (Å²) in [7, 11) is 0. The van der Waals surface area contributed by atoms with Gasteiger partial charge in [-0.1, -0.05) is 24.3 Å². The van der Waals surface area contributed by atoms with E-state index in [-0.39, 0.29) is 6.42 Å². The van der Waals surface area contributed by atoms with Crippen LogP contribution in [0.5, 0.6) is 0 Å². The van der Waals surface area contributed by atoms with Gasteiger partial charge in [-0.05, 0) is 17.9 Å². The number of carbonyl (C=O) groups is 1. The number of benzene rings is 1. The second-order valence-corrected chi connectivity index (χ2v) is 3.80. The maximum absolute atomic E-state index is 10.4. The molecule has 88 valence electrons. The number of fused-ring (bicyclic) bond motifs is 1. The molecule has 0 saturated heterocycles. The third-order valence-electron chi connectivity index (χ3n) is 2.53. The Balaban J connectivity index is 2.05. The molecular formula is C13H14N2O2. The van der Waals surface area contributed by atoms with Crippen molar-refractivity contribution in [1.82, 2.24) is 4.98 Å². The topological polar surface area (TPSA) is 62.2 Å². The van der Waals surface area contributed by atoms with Gasteiger partial charge < -0.3 is 10.4 Å². The van der Waals surface area contributed by atoms with Crippen molar-refractivity contribution in [2.75, 3.05) is 11.9 Å². The lowest BCUT2D eigenvalue weighted by Crippen LogP contribution is -2.06. The standard InChI is InChI=1S/C13H14N2O2/c16-12(17)6-3-8-14-13-11-5-2-1-4-10(11)7-9-15-13/h1-2,4-5,7,9H,3,6,8H2,(H,14,15)(H,16,17). The van der Waals surface area contributed by atoms with Crippen LogP contribution in [-0.2, 0) is 4.79 Å². The third kappa shape index (κ3) is 2.93. The smallest absolute Gasteiger partial charge is 0.303 e. The first-order chi connectivity index (χ1) is 8.27. The maximum Gasteiger partial charge on any atom is 0.303 e. The van der Waals surface area contributed by atoms with Gasteiger partial charge in [0.2, 0.25) is 0 Å². The lowest BCUT2D eigenvalue weighted by molar-refractivity contribution is -0.137. The summed E-state index contributed by atoms with van der Waals surface area (Å²) in [6.45, 7) is 0.618. The summed E-state index contributed by atoms with van der Waals surface area (Å²) < 4.78 is 0. The average molecular weight is 230 g/mol. The van der Waals surface area contributed by atoms with Gasteiger partial charge in [0.1, 0.15) is 5.82 Å². The number of hydrogen-bond donors (Lipinski definition) is 2. The molecule has 4 heteroatoms. The van der Waals surface area contributed by atoms with E-state index < -0.39 is 5.97 Å². The van der Waals surface area contributed by atoms with Gasteiger partial charge >= 0.3 is 5.97 Å². The van der Waals surface area contributed by atoms with Crippen molar-refractivity contribution in [1.29, 1.82) is 0 Å². The number of aliphatic carboxylic acids is 1. The predicted octanol–water partition coefficient (Wildman–Crippen LogP) is 2.51. The predicted molar refractivity (Wildman–Crippen MR) is 67.1 cm³/mol. The zero-order valence-electron chi connectivity index (χ0n) is 9.39. The summed E-state index contributed by atoms with van der Waals surface area (Å²) >= 11 is 0. The fraction of sp³-hybridized carbons (Fsp3) is 0.231. The Morgan fingerprint density at radius 3 is 2.94 bits per heavy atom. The molecule has 1 aromatic carbocycles. The molecule has 0 fully saturated rings. The van der Waals surface area contributed by atoms with Crippen molar-refractivity contribution >= 4 is 22.6 Å². The number of aromatic nitrogens is 1. The van der Waals surface area contributed by atoms with Crippen LogP contribution in [0.1, 0.15) is 12.8 Å². The van der Waals surface area contributed by atoms with Gasteiger partial charge in [0.25, 0.3) is 0 Å². The van der Waals surface area contributed by atoms with E-state index in [0.29, 0.717) is 13.0 Å². The second-order valence-electron chi connectivity index (χ2n) is 3.80. The summed E-state index contributed by atoms with van der Waals surface area (Å²) in [5, 5.41) is 13.9. The van der Waals surface area contributed by atoms with Crippen LogP contribution in [-0.4, -0.2) is 22.6 Å². The molecule has 4 nitrogen and oxygen atoms in total. The molecule has 1 heterocycles. The van der Waals surface area contributed by atoms with Crippen molar-refractivity contribution in [3.63, 3.8) is 0 Å². The van der Waals surface area contributed by atoms with E-state index in [1.807, 2.05) is 30.3 Å². The van der Waals surface area contributed by atoms with Gasteiger partial charge in [0.05, 0.1) is 0 Å². The molecule has 2 N–H and O–H groups in total. The average Bonchev–Trinajstić information content (AvgIpc) is 2.34. The molecule has 0 amide bonds. The number of anilines is 1. The molecule has 0 spiro atoms. The fourth-order valence-electron chi connectivity index (χ4n) is 1.71. The Morgan fingerprint density at radius 2 is 2.12 bits per heavy atom. The molecule has 17 heavy (non-hydrogen) atoms. The zero-order valence-corrected chi connectivity index (χ0v) is 9.39. The highest BCUT2D eigenvalue weighted by Crippen LogP contribution is 2.20. The summed E-state index contributed by atoms with van der Waals surface area (Å²) in [5.74, 6) is 0.0474. The maximum atomic E-state index is 10.4. The number of hydrogen-bond acceptors (Lipinski definition) is 3. The van der Waals surface area contributed by atoms with Crippen LogP contribution < -0.4 is 5.32 Å². The van der Waals surface area contributed by atoms with Crippen molar-refractivity contribution in [2.24, 2.45) is 0 Å². The number of nitrogens with zero attached hydrogens (tertiary/aromatic N) is 1. The Kier molecular flexibility index (Phi) is 3.55. The van der Waals surface area contributed by atoms with Gasteiger partial charge in [0, 0.05) is 24.5 Å². The Labute approximate surface area is 99.3 Å². The molecule has 1 aromatic heterocycles. The number of rotatable bonds is 5. The third-order valence-corrected chi connectivity index (χ3v) is 2.53. The molecule has 0 radical (unpaired) electrons. The molecule has 0 atom stereocenters. The van der Waals surface area contributed by atoms with Crippen molar-refractivity contribution < 1.29 is 9.90 Å². The van der Waals surface area contributed by atoms with Crippen LogP contribution in [0.3, 0.4) is 0 Å². The number of pyridine rings is 1. The number of carboxylic acid groups (broad SMARTS) is 1. The zero-order chi connectivity index (χ0) is 12.1. The van der Waals surface area contributed by atoms with Crippen LogP contribution in [0.2, 0.25) is 0 Å². The summed E-state index contributed by atoms with van der Waals surface area (Å²) in [6.07, 6.45) is 2.53. The van der Waals surface area contributed by atoms with Crippen LogP contribution in [0.15, 0.2) is 36.5 Å². The Hall–Kier alpha value is -2.10. The monoisotopic (exact) mass is 230 g/mol. The molecule has 0 aliphatic carbocycles. The molecule has 0 bridgehead atoms. The molecule has 0 saturated carbocycles. The van der Waals surface area contributed by atoms with Gasteiger partial charge in [0.15, 0.2) is 0 Å². The first-order valence-electron chi connectivity index (χ1n) is 5.57. The second kappa shape index (κ2) is 5.30. The van der Waals surface area contributed by atoms with Gasteiger partial charge in [-0.25, -0.2) is 4.98 Å². The van der Waals surface area contributed by atoms with E-state index in [4.69, 9.17) is 5.11 Å². The molecule has 0 aliphatic heterocycles. The van der Waals surface area contributed by atoms with E-state index in [1.165, 1.54) is 0 Å². The van der Waals surface area contributed by atoms with E-state index in [1.54, 1.807) is 6.20 Å². The highest BCUT2D eigenvalue weighted by molar-refractivity contribution is 5.91. The van der Waals surface area contributed by atoms with Gasteiger partial charge in [-0.3, -0.25) is 4.79 Å². The quantitative estimate of drug-likeness (QED) is 0.775. The molecule has 2 aromatic rings. The minimum Gasteiger partial charge on any atom is -0.481 e. The summed E-state index contributed by atoms with van der Waals surface area (Å²) in [5.41, 5.74) is 0. The number of nitrogens with one attached hydrogen (secondary N) is 1. The van der Waals surface area contributed by atoms with E-state index in [2.05, 4.69) is 10.3 Å². The number of carboxylic acids is 1. The van der Waals surface area contributed by atoms with Crippen LogP contribution in [0.25, 0.3) is 10.8 Å². The van der Waals surface area contributed by atoms with Crippen LogP contribution >= 0.6 is 0 Å². The first kappa shape index (κ1) is 11.4. The lowest BCUT2D eigenvalue weighted by Gasteiger charge is -2.07. The summed E-state index contributed by atoms with van der Waals surface area (Å²) in [6, 6.07) is 9.93. The van der Waals surface area contributed by atoms with Crippen molar-refractivity contribution in [3.05, 3.63) is 36.5 Å². The minimum atomic E-state index is -0.766. The Bertz CT molecular complexity index is 520. The SMILES string of the molecule is O=C(O)CCCNc1nccc2ccccc12. The molecular weight excluding hydrogens is 216 g/mol. The van der Waals surface area contributed by atoms with Crippen molar-refractivity contribution in [3.8, 4) is 0 Å². The highest BCUT2D eigenvalue weighted by Gasteiger charge is 2.01. The van der Waals surface area contributed by atoms with E-state index >= 15 is 0 Å². The highest BCUT2D eigenvalue weighted by atomic mass is 16.4. The Morgan fingerprint density at radius 1 is 1.29 bits per heavy atom. The minimum absolute atomic E-state index is 0.178. The summed E-state index contributed by atoms with van der Waals surface area (Å²) in [4.78, 5) is 14.6. The molecule has 0 unspecified atom stereocenters. The largest absolute Gasteiger partial charge is 0.481 e. The lowest BCUT2D eigenvalue weighted by atomic mass is 10.1. The first-order valence-corrected chi connectivity index (χ1v) is 5.57. The fourth-order valence-corrected chi connectivity index (χ4v) is 1.71. The van der Waals surface area contributed by atoms with Gasteiger partial charge in [-0.15, -0.1) is 0 Å². The molecule has 0 aliphatic rings.